The number of nitrogens with zero attached hydrogens (tertiary/aromatic N) is 2. The quantitative estimate of drug-likeness (QED) is 0.303. The molecule has 0 unspecified atom stereocenters. The van der Waals surface area contributed by atoms with Crippen LogP contribution in [0.1, 0.15) is 0 Å². The molecule has 0 radical (unpaired) electrons. The van der Waals surface area contributed by atoms with Gasteiger partial charge in [-0.05, 0) is 0 Å². The Morgan fingerprint density at radius 3 is 3.20 bits per heavy atom. The van der Waals surface area contributed by atoms with Crippen molar-refractivity contribution in [1.29, 1.82) is 0 Å². The minimum Gasteiger partial charge on any atom is -0.572 e. The Kier molecular flexibility index (Phi) is 2.10. The van der Waals surface area contributed by atoms with Crippen molar-refractivity contribution in [2.75, 3.05) is 0 Å². The van der Waals surface area contributed by atoms with Crippen LogP contribution in [-0.2, 0) is 0 Å². The third-order valence-corrected chi connectivity index (χ3v) is 1.06. The van der Waals surface area contributed by atoms with E-state index in [0.717, 1.165) is 0 Å². The van der Waals surface area contributed by atoms with E-state index < -0.39 is 0 Å². The third-order valence-electron chi connectivity index (χ3n) is 1.06. The maximum absolute atomic E-state index is 4.82. The van der Waals surface area contributed by atoms with E-state index in [-0.39, 0.29) is 18.9 Å². The van der Waals surface area contributed by atoms with Crippen LogP contribution in [0.5, 0.6) is 0 Å². The van der Waals surface area contributed by atoms with E-state index in [1.165, 1.54) is 0 Å². The normalized spacial score (nSPS) is 9.20. The average Bonchev–Trinajstić information content (AvgIpc) is 2.33. The van der Waals surface area contributed by atoms with Crippen LogP contribution in [-0.4, -0.2) is 9.97 Å². The monoisotopic (exact) mass is 126 g/mol. The minimum atomic E-state index is 0. The molecule has 4 heteroatoms. The molecule has 2 rings (SSSR count). The second-order valence-electron chi connectivity index (χ2n) is 1.63. The molecule has 0 N–H and O–H groups in total. The molecule has 0 fully saturated rings. The topological polar surface area (TPSA) is 38.9 Å². The van der Waals surface area contributed by atoms with Gasteiger partial charge < -0.3 is 14.4 Å². The average molecular weight is 126 g/mol. The van der Waals surface area contributed by atoms with Gasteiger partial charge in [0.25, 0.3) is 0 Å². The summed E-state index contributed by atoms with van der Waals surface area (Å²) >= 11 is 0. The van der Waals surface area contributed by atoms with Gasteiger partial charge in [-0.25, -0.2) is 0 Å². The molecule has 0 atom stereocenters. The summed E-state index contributed by atoms with van der Waals surface area (Å²) in [6.07, 6.45) is 4.02. The second-order valence-corrected chi connectivity index (χ2v) is 1.63. The number of fused-ring (bicyclic) bond motifs is 1. The van der Waals surface area contributed by atoms with Crippen LogP contribution in [0.2, 0.25) is 0 Å². The van der Waals surface area contributed by atoms with Crippen molar-refractivity contribution >= 4 is 11.2 Å². The van der Waals surface area contributed by atoms with Crippen LogP contribution in [0.25, 0.3) is 11.2 Å². The first-order valence-electron chi connectivity index (χ1n) is 2.54. The standard InChI is InChI=1S/C6H3N2O.Li/c1-2-5-6(7-3-1)8-4-9-5;/h1-3H;/q-1;+1. The van der Waals surface area contributed by atoms with E-state index in [9.17, 15) is 0 Å². The number of pyridine rings is 1. The van der Waals surface area contributed by atoms with Gasteiger partial charge in [0.1, 0.15) is 6.39 Å². The molecule has 10 heavy (non-hydrogen) atoms. The van der Waals surface area contributed by atoms with Gasteiger partial charge >= 0.3 is 18.9 Å². The SMILES string of the molecule is [Li+].[c-]1nc2ncccc2o1. The molecule has 2 aromatic heterocycles. The van der Waals surface area contributed by atoms with Crippen LogP contribution in [0, 0.1) is 6.39 Å². The van der Waals surface area contributed by atoms with Crippen LogP contribution < -0.4 is 18.9 Å². The molecule has 0 amide bonds. The van der Waals surface area contributed by atoms with Crippen molar-refractivity contribution in [2.24, 2.45) is 0 Å². The molecular weight excluding hydrogens is 123 g/mol. The van der Waals surface area contributed by atoms with Gasteiger partial charge in [0.15, 0.2) is 0 Å². The van der Waals surface area contributed by atoms with Crippen LogP contribution in [0.15, 0.2) is 22.7 Å². The first-order valence-corrected chi connectivity index (χ1v) is 2.54. The fraction of sp³-hybridized carbons (Fsp3) is 0. The predicted molar refractivity (Wildman–Crippen MR) is 30.6 cm³/mol. The smallest absolute Gasteiger partial charge is 0.572 e. The molecule has 0 saturated heterocycles. The number of rotatable bonds is 0. The van der Waals surface area contributed by atoms with E-state index >= 15 is 0 Å². The number of oxazole rings is 1. The van der Waals surface area contributed by atoms with Gasteiger partial charge in [0.05, 0.1) is 0 Å². The van der Waals surface area contributed by atoms with Crippen molar-refractivity contribution in [3.8, 4) is 0 Å². The molecule has 2 heterocycles. The van der Waals surface area contributed by atoms with Crippen molar-refractivity contribution in [2.45, 2.75) is 0 Å². The van der Waals surface area contributed by atoms with E-state index in [2.05, 4.69) is 16.4 Å². The van der Waals surface area contributed by atoms with Crippen LogP contribution in [0.3, 0.4) is 0 Å². The Balaban J connectivity index is 0.000000500. The molecule has 3 nitrogen and oxygen atoms in total. The molecule has 0 spiro atoms. The zero-order valence-electron chi connectivity index (χ0n) is 5.53. The Labute approximate surface area is 69.6 Å². The number of aromatic nitrogens is 2. The van der Waals surface area contributed by atoms with Crippen molar-refractivity contribution in [3.05, 3.63) is 24.7 Å². The zero-order valence-corrected chi connectivity index (χ0v) is 5.53. The van der Waals surface area contributed by atoms with Gasteiger partial charge in [-0.1, -0.05) is 12.1 Å². The molecule has 0 bridgehead atoms. The Hall–Kier alpha value is -0.783. The molecule has 0 aliphatic heterocycles. The summed E-state index contributed by atoms with van der Waals surface area (Å²) in [5.74, 6) is 0. The summed E-state index contributed by atoms with van der Waals surface area (Å²) in [6.45, 7) is 0. The van der Waals surface area contributed by atoms with E-state index in [0.29, 0.717) is 11.2 Å². The summed E-state index contributed by atoms with van der Waals surface area (Å²) < 4.78 is 4.82. The molecule has 44 valence electrons. The molecule has 0 saturated carbocycles. The summed E-state index contributed by atoms with van der Waals surface area (Å²) in [7, 11) is 0. The molecule has 0 aliphatic carbocycles. The molecule has 0 aliphatic rings. The minimum absolute atomic E-state index is 0. The van der Waals surface area contributed by atoms with Gasteiger partial charge in [-0.3, -0.25) is 0 Å². The fourth-order valence-electron chi connectivity index (χ4n) is 0.661. The number of hydrogen-bond acceptors (Lipinski definition) is 3. The Morgan fingerprint density at radius 1 is 1.50 bits per heavy atom. The maximum Gasteiger partial charge on any atom is 1.00 e. The molecular formula is C6H3LiN2O. The predicted octanol–water partition coefficient (Wildman–Crippen LogP) is -1.97. The molecule has 0 aromatic carbocycles. The van der Waals surface area contributed by atoms with Crippen molar-refractivity contribution < 1.29 is 23.3 Å². The first kappa shape index (κ1) is 7.33. The van der Waals surface area contributed by atoms with Crippen molar-refractivity contribution in [1.82, 2.24) is 9.97 Å². The van der Waals surface area contributed by atoms with E-state index in [1.54, 1.807) is 18.3 Å². The summed E-state index contributed by atoms with van der Waals surface area (Å²) in [5.41, 5.74) is 1.29. The van der Waals surface area contributed by atoms with E-state index in [1.807, 2.05) is 0 Å². The summed E-state index contributed by atoms with van der Waals surface area (Å²) in [4.78, 5) is 7.62. The van der Waals surface area contributed by atoms with Crippen molar-refractivity contribution in [3.63, 3.8) is 0 Å². The third kappa shape index (κ3) is 1.06. The Bertz CT molecular complexity index is 290. The first-order chi connectivity index (χ1) is 4.47. The van der Waals surface area contributed by atoms with Gasteiger partial charge in [0.2, 0.25) is 0 Å². The van der Waals surface area contributed by atoms with Gasteiger partial charge in [-0.15, -0.1) is 0 Å². The maximum atomic E-state index is 4.82. The summed E-state index contributed by atoms with van der Waals surface area (Å²) in [5, 5.41) is 0. The zero-order chi connectivity index (χ0) is 6.10. The second kappa shape index (κ2) is 2.87. The largest absolute Gasteiger partial charge is 1.00 e. The Morgan fingerprint density at radius 2 is 2.40 bits per heavy atom. The van der Waals surface area contributed by atoms with Crippen LogP contribution in [0.4, 0.5) is 0 Å². The van der Waals surface area contributed by atoms with Gasteiger partial charge in [0, 0.05) is 17.4 Å². The number of hydrogen-bond donors (Lipinski definition) is 0. The molecule has 2 aromatic rings. The summed E-state index contributed by atoms with van der Waals surface area (Å²) in [6, 6.07) is 3.59. The van der Waals surface area contributed by atoms with E-state index in [4.69, 9.17) is 4.42 Å². The van der Waals surface area contributed by atoms with Crippen LogP contribution >= 0.6 is 0 Å². The van der Waals surface area contributed by atoms with Gasteiger partial charge in [-0.2, -0.15) is 0 Å². The fourth-order valence-corrected chi connectivity index (χ4v) is 0.661.